The van der Waals surface area contributed by atoms with Crippen LogP contribution in [0.5, 0.6) is 0 Å². The topological polar surface area (TPSA) is 21.3 Å². The van der Waals surface area contributed by atoms with Crippen LogP contribution in [0, 0.1) is 3.57 Å². The van der Waals surface area contributed by atoms with Gasteiger partial charge in [0.25, 0.3) is 0 Å². The largest absolute Gasteiger partial charge is 0.378 e. The molecular weight excluding hydrogens is 265 g/mol. The second-order valence-corrected chi connectivity index (χ2v) is 4.13. The highest BCUT2D eigenvalue weighted by atomic mass is 127. The number of halogens is 1. The monoisotopic (exact) mass is 275 g/mol. The van der Waals surface area contributed by atoms with Crippen molar-refractivity contribution < 1.29 is 4.74 Å². The van der Waals surface area contributed by atoms with Gasteiger partial charge in [0.1, 0.15) is 0 Å². The highest BCUT2D eigenvalue weighted by molar-refractivity contribution is 14.1. The van der Waals surface area contributed by atoms with Crippen LogP contribution in [0.4, 0.5) is 5.69 Å². The molecule has 12 heavy (non-hydrogen) atoms. The Bertz CT molecular complexity index is 273. The summed E-state index contributed by atoms with van der Waals surface area (Å²) in [6.07, 6.45) is 0. The van der Waals surface area contributed by atoms with Crippen molar-refractivity contribution in [2.24, 2.45) is 0 Å². The van der Waals surface area contributed by atoms with Gasteiger partial charge < -0.3 is 10.1 Å². The van der Waals surface area contributed by atoms with Gasteiger partial charge >= 0.3 is 0 Å². The second-order valence-electron chi connectivity index (χ2n) is 2.89. The van der Waals surface area contributed by atoms with Gasteiger partial charge in [0, 0.05) is 9.26 Å². The number of ether oxygens (including phenoxy) is 1. The van der Waals surface area contributed by atoms with Gasteiger partial charge in [0.2, 0.25) is 0 Å². The van der Waals surface area contributed by atoms with Crippen molar-refractivity contribution >= 4 is 28.3 Å². The molecule has 0 amide bonds. The fraction of sp³-hybridized carbons (Fsp3) is 0.333. The van der Waals surface area contributed by atoms with Crippen LogP contribution in [0.2, 0.25) is 0 Å². The summed E-state index contributed by atoms with van der Waals surface area (Å²) >= 11 is 2.31. The molecular formula is C9H10INO. The van der Waals surface area contributed by atoms with Gasteiger partial charge in [0.15, 0.2) is 0 Å². The molecule has 1 aromatic rings. The number of rotatable bonds is 2. The van der Waals surface area contributed by atoms with E-state index in [0.29, 0.717) is 6.04 Å². The van der Waals surface area contributed by atoms with Gasteiger partial charge in [-0.25, -0.2) is 0 Å². The molecule has 1 aromatic carbocycles. The van der Waals surface area contributed by atoms with Crippen LogP contribution in [0.25, 0.3) is 0 Å². The quantitative estimate of drug-likeness (QED) is 0.835. The van der Waals surface area contributed by atoms with Crippen LogP contribution < -0.4 is 5.32 Å². The van der Waals surface area contributed by atoms with Crippen LogP contribution >= 0.6 is 22.6 Å². The van der Waals surface area contributed by atoms with Crippen molar-refractivity contribution in [2.45, 2.75) is 6.04 Å². The maximum absolute atomic E-state index is 5.07. The van der Waals surface area contributed by atoms with E-state index in [-0.39, 0.29) is 0 Å². The van der Waals surface area contributed by atoms with Gasteiger partial charge in [-0.15, -0.1) is 0 Å². The van der Waals surface area contributed by atoms with Crippen LogP contribution in [-0.4, -0.2) is 19.3 Å². The molecule has 0 unspecified atom stereocenters. The Morgan fingerprint density at radius 2 is 2.25 bits per heavy atom. The Balaban J connectivity index is 2.02. The van der Waals surface area contributed by atoms with Crippen LogP contribution in [0.3, 0.4) is 0 Å². The number of nitrogens with one attached hydrogen (secondary N) is 1. The molecule has 1 saturated heterocycles. The Hall–Kier alpha value is -0.290. The fourth-order valence-corrected chi connectivity index (χ4v) is 1.68. The van der Waals surface area contributed by atoms with Crippen molar-refractivity contribution in [3.05, 3.63) is 27.8 Å². The van der Waals surface area contributed by atoms with Crippen molar-refractivity contribution in [1.82, 2.24) is 0 Å². The Morgan fingerprint density at radius 3 is 2.83 bits per heavy atom. The third-order valence-electron chi connectivity index (χ3n) is 1.83. The highest BCUT2D eigenvalue weighted by Crippen LogP contribution is 2.15. The summed E-state index contributed by atoms with van der Waals surface area (Å²) in [7, 11) is 0. The highest BCUT2D eigenvalue weighted by Gasteiger charge is 2.17. The van der Waals surface area contributed by atoms with E-state index in [1.165, 1.54) is 9.26 Å². The summed E-state index contributed by atoms with van der Waals surface area (Å²) in [6.45, 7) is 1.68. The molecule has 1 N–H and O–H groups in total. The van der Waals surface area contributed by atoms with E-state index in [1.807, 2.05) is 0 Å². The third-order valence-corrected chi connectivity index (χ3v) is 2.50. The maximum atomic E-state index is 5.07. The number of hydrogen-bond donors (Lipinski definition) is 1. The molecule has 1 heterocycles. The van der Waals surface area contributed by atoms with Gasteiger partial charge in [-0.2, -0.15) is 0 Å². The van der Waals surface area contributed by atoms with Crippen LogP contribution in [-0.2, 0) is 4.74 Å². The van der Waals surface area contributed by atoms with Gasteiger partial charge in [0.05, 0.1) is 19.3 Å². The molecule has 0 radical (unpaired) electrons. The summed E-state index contributed by atoms with van der Waals surface area (Å²) in [5.74, 6) is 0. The molecule has 2 rings (SSSR count). The normalized spacial score (nSPS) is 17.1. The standard InChI is InChI=1S/C9H10INO/c10-7-2-1-3-8(4-7)11-9-5-12-6-9/h1-4,9,11H,5-6H2. The molecule has 2 nitrogen and oxygen atoms in total. The molecule has 1 fully saturated rings. The molecule has 1 aliphatic heterocycles. The van der Waals surface area contributed by atoms with E-state index < -0.39 is 0 Å². The number of hydrogen-bond acceptors (Lipinski definition) is 2. The van der Waals surface area contributed by atoms with Crippen molar-refractivity contribution in [1.29, 1.82) is 0 Å². The Kier molecular flexibility index (Phi) is 2.51. The lowest BCUT2D eigenvalue weighted by atomic mass is 10.2. The first-order chi connectivity index (χ1) is 5.84. The van der Waals surface area contributed by atoms with E-state index in [0.717, 1.165) is 13.2 Å². The molecule has 3 heteroatoms. The minimum Gasteiger partial charge on any atom is -0.378 e. The smallest absolute Gasteiger partial charge is 0.0728 e. The van der Waals surface area contributed by atoms with E-state index in [2.05, 4.69) is 52.2 Å². The minimum absolute atomic E-state index is 0.517. The Morgan fingerprint density at radius 1 is 1.42 bits per heavy atom. The summed E-state index contributed by atoms with van der Waals surface area (Å²) < 4.78 is 6.33. The first kappa shape index (κ1) is 8.31. The molecule has 0 aromatic heterocycles. The zero-order chi connectivity index (χ0) is 8.39. The Labute approximate surface area is 85.4 Å². The first-order valence-electron chi connectivity index (χ1n) is 3.94. The first-order valence-corrected chi connectivity index (χ1v) is 5.02. The average molecular weight is 275 g/mol. The lowest BCUT2D eigenvalue weighted by Gasteiger charge is -2.27. The van der Waals surface area contributed by atoms with Gasteiger partial charge in [-0.3, -0.25) is 0 Å². The molecule has 0 atom stereocenters. The minimum atomic E-state index is 0.517. The molecule has 64 valence electrons. The predicted molar refractivity (Wildman–Crippen MR) is 57.4 cm³/mol. The van der Waals surface area contributed by atoms with Gasteiger partial charge in [-0.05, 0) is 40.8 Å². The molecule has 0 bridgehead atoms. The summed E-state index contributed by atoms with van der Waals surface area (Å²) in [5, 5.41) is 3.39. The van der Waals surface area contributed by atoms with E-state index >= 15 is 0 Å². The molecule has 0 aliphatic carbocycles. The summed E-state index contributed by atoms with van der Waals surface area (Å²) in [6, 6.07) is 8.88. The molecule has 0 spiro atoms. The summed E-state index contributed by atoms with van der Waals surface area (Å²) in [4.78, 5) is 0. The SMILES string of the molecule is Ic1cccc(NC2COC2)c1. The number of benzene rings is 1. The lowest BCUT2D eigenvalue weighted by molar-refractivity contribution is 0.0211. The van der Waals surface area contributed by atoms with E-state index in [9.17, 15) is 0 Å². The van der Waals surface area contributed by atoms with E-state index in [4.69, 9.17) is 4.74 Å². The zero-order valence-corrected chi connectivity index (χ0v) is 8.74. The number of anilines is 1. The fourth-order valence-electron chi connectivity index (χ4n) is 1.13. The zero-order valence-electron chi connectivity index (χ0n) is 6.59. The van der Waals surface area contributed by atoms with Crippen LogP contribution in [0.1, 0.15) is 0 Å². The average Bonchev–Trinajstić information content (AvgIpc) is 1.97. The van der Waals surface area contributed by atoms with Gasteiger partial charge in [-0.1, -0.05) is 6.07 Å². The third kappa shape index (κ3) is 1.90. The van der Waals surface area contributed by atoms with Crippen molar-refractivity contribution in [3.63, 3.8) is 0 Å². The molecule has 1 aliphatic rings. The van der Waals surface area contributed by atoms with Crippen molar-refractivity contribution in [3.8, 4) is 0 Å². The predicted octanol–water partition coefficient (Wildman–Crippen LogP) is 2.10. The summed E-state index contributed by atoms with van der Waals surface area (Å²) in [5.41, 5.74) is 1.19. The van der Waals surface area contributed by atoms with E-state index in [1.54, 1.807) is 0 Å². The second kappa shape index (κ2) is 3.62. The lowest BCUT2D eigenvalue weighted by Crippen LogP contribution is -2.40. The van der Waals surface area contributed by atoms with Crippen molar-refractivity contribution in [2.75, 3.05) is 18.5 Å². The van der Waals surface area contributed by atoms with Crippen LogP contribution in [0.15, 0.2) is 24.3 Å². The maximum Gasteiger partial charge on any atom is 0.0728 e. The molecule has 0 saturated carbocycles.